The zero-order valence-corrected chi connectivity index (χ0v) is 20.2. The van der Waals surface area contributed by atoms with Crippen LogP contribution in [0.15, 0.2) is 70.7 Å². The van der Waals surface area contributed by atoms with E-state index < -0.39 is 10.0 Å². The molecule has 0 unspecified atom stereocenters. The molecule has 0 aliphatic carbocycles. The Morgan fingerprint density at radius 1 is 0.912 bits per heavy atom. The number of benzene rings is 2. The standard InChI is InChI=1S/C24H25N5O3S2/c30-23(17-33-24-27-26-22-14-9-18-7-3-4-8-21(18)29(22)24)25-19-10-12-20(13-11-19)34(31,32)28-15-5-1-2-6-16-28/h3-4,7-14H,1-2,5-6,15-17H2,(H,25,30). The van der Waals surface area contributed by atoms with E-state index in [9.17, 15) is 13.2 Å². The van der Waals surface area contributed by atoms with Crippen LogP contribution in [0.3, 0.4) is 0 Å². The van der Waals surface area contributed by atoms with Crippen LogP contribution in [0, 0.1) is 0 Å². The van der Waals surface area contributed by atoms with Crippen molar-refractivity contribution in [2.45, 2.75) is 35.7 Å². The Morgan fingerprint density at radius 2 is 1.65 bits per heavy atom. The lowest BCUT2D eigenvalue weighted by Gasteiger charge is -2.20. The maximum atomic E-state index is 12.9. The molecule has 1 N–H and O–H groups in total. The predicted molar refractivity (Wildman–Crippen MR) is 134 cm³/mol. The number of aromatic nitrogens is 3. The molecule has 34 heavy (non-hydrogen) atoms. The van der Waals surface area contributed by atoms with E-state index in [0.717, 1.165) is 42.2 Å². The number of sulfonamides is 1. The topological polar surface area (TPSA) is 96.7 Å². The van der Waals surface area contributed by atoms with Crippen LogP contribution >= 0.6 is 11.8 Å². The number of nitrogens with zero attached hydrogens (tertiary/aromatic N) is 4. The normalized spacial score (nSPS) is 15.4. The second-order valence-corrected chi connectivity index (χ2v) is 11.1. The second-order valence-electron chi connectivity index (χ2n) is 8.25. The number of hydrogen-bond donors (Lipinski definition) is 1. The number of rotatable bonds is 6. The Hall–Kier alpha value is -2.95. The van der Waals surface area contributed by atoms with E-state index >= 15 is 0 Å². The van der Waals surface area contributed by atoms with E-state index in [1.807, 2.05) is 40.8 Å². The molecular formula is C24H25N5O3S2. The van der Waals surface area contributed by atoms with Crippen LogP contribution in [-0.4, -0.2) is 52.1 Å². The van der Waals surface area contributed by atoms with Crippen molar-refractivity contribution >= 4 is 49.9 Å². The number of amides is 1. The zero-order valence-electron chi connectivity index (χ0n) is 18.6. The number of hydrogen-bond acceptors (Lipinski definition) is 6. The van der Waals surface area contributed by atoms with Gasteiger partial charge in [-0.25, -0.2) is 8.42 Å². The molecule has 3 heterocycles. The molecule has 1 amide bonds. The Bertz CT molecular complexity index is 1430. The SMILES string of the molecule is O=C(CSc1nnc2ccc3ccccc3n12)Nc1ccc(S(=O)(=O)N2CCCCCC2)cc1. The monoisotopic (exact) mass is 495 g/mol. The van der Waals surface area contributed by atoms with Gasteiger partial charge in [-0.2, -0.15) is 4.31 Å². The van der Waals surface area contributed by atoms with E-state index in [0.29, 0.717) is 23.9 Å². The molecule has 0 radical (unpaired) electrons. The second kappa shape index (κ2) is 9.73. The highest BCUT2D eigenvalue weighted by Crippen LogP contribution is 2.24. The summed E-state index contributed by atoms with van der Waals surface area (Å²) in [6.07, 6.45) is 3.91. The van der Waals surface area contributed by atoms with Crippen LogP contribution in [0.2, 0.25) is 0 Å². The molecule has 0 saturated carbocycles. The molecule has 1 fully saturated rings. The van der Waals surface area contributed by atoms with Crippen LogP contribution in [0.1, 0.15) is 25.7 Å². The number of para-hydroxylation sites is 1. The first kappa shape index (κ1) is 22.8. The number of carbonyl (C=O) groups excluding carboxylic acids is 1. The first-order chi connectivity index (χ1) is 16.5. The summed E-state index contributed by atoms with van der Waals surface area (Å²) in [5.74, 6) is -0.0530. The van der Waals surface area contributed by atoms with Gasteiger partial charge in [-0.15, -0.1) is 10.2 Å². The van der Waals surface area contributed by atoms with Gasteiger partial charge in [-0.3, -0.25) is 9.20 Å². The van der Waals surface area contributed by atoms with Crippen molar-refractivity contribution < 1.29 is 13.2 Å². The molecule has 10 heteroatoms. The average molecular weight is 496 g/mol. The summed E-state index contributed by atoms with van der Waals surface area (Å²) in [6, 6.07) is 18.2. The smallest absolute Gasteiger partial charge is 0.243 e. The lowest BCUT2D eigenvalue weighted by atomic mass is 10.2. The van der Waals surface area contributed by atoms with Crippen molar-refractivity contribution in [2.75, 3.05) is 24.2 Å². The molecule has 0 spiro atoms. The largest absolute Gasteiger partial charge is 0.325 e. The van der Waals surface area contributed by atoms with Crippen molar-refractivity contribution in [3.8, 4) is 0 Å². The summed E-state index contributed by atoms with van der Waals surface area (Å²) in [5, 5.41) is 13.0. The van der Waals surface area contributed by atoms with Gasteiger partial charge in [0.05, 0.1) is 16.2 Å². The first-order valence-corrected chi connectivity index (χ1v) is 13.7. The van der Waals surface area contributed by atoms with Gasteiger partial charge in [0.25, 0.3) is 0 Å². The minimum absolute atomic E-state index is 0.151. The van der Waals surface area contributed by atoms with E-state index in [2.05, 4.69) is 15.5 Å². The molecule has 4 aromatic rings. The fourth-order valence-electron chi connectivity index (χ4n) is 4.17. The Morgan fingerprint density at radius 3 is 2.41 bits per heavy atom. The number of thioether (sulfide) groups is 1. The molecule has 8 nitrogen and oxygen atoms in total. The van der Waals surface area contributed by atoms with E-state index in [4.69, 9.17) is 0 Å². The molecule has 2 aromatic carbocycles. The number of fused-ring (bicyclic) bond motifs is 3. The van der Waals surface area contributed by atoms with Gasteiger partial charge in [0.2, 0.25) is 15.9 Å². The Balaban J connectivity index is 1.24. The van der Waals surface area contributed by atoms with E-state index in [-0.39, 0.29) is 16.6 Å². The number of nitrogens with one attached hydrogen (secondary N) is 1. The van der Waals surface area contributed by atoms with Crippen molar-refractivity contribution in [3.63, 3.8) is 0 Å². The highest BCUT2D eigenvalue weighted by atomic mass is 32.2. The van der Waals surface area contributed by atoms with Crippen molar-refractivity contribution in [1.82, 2.24) is 18.9 Å². The van der Waals surface area contributed by atoms with E-state index in [1.165, 1.54) is 11.8 Å². The van der Waals surface area contributed by atoms with Crippen LogP contribution in [0.5, 0.6) is 0 Å². The Kier molecular flexibility index (Phi) is 6.53. The third kappa shape index (κ3) is 4.66. The van der Waals surface area contributed by atoms with Crippen LogP contribution in [0.25, 0.3) is 16.6 Å². The minimum atomic E-state index is -3.51. The lowest BCUT2D eigenvalue weighted by Crippen LogP contribution is -2.31. The molecule has 0 atom stereocenters. The maximum absolute atomic E-state index is 12.9. The van der Waals surface area contributed by atoms with Crippen molar-refractivity contribution in [1.29, 1.82) is 0 Å². The maximum Gasteiger partial charge on any atom is 0.243 e. The molecule has 5 rings (SSSR count). The van der Waals surface area contributed by atoms with Crippen LogP contribution in [0.4, 0.5) is 5.69 Å². The number of anilines is 1. The molecule has 2 aromatic heterocycles. The van der Waals surface area contributed by atoms with E-state index in [1.54, 1.807) is 28.6 Å². The average Bonchev–Trinajstić information content (AvgIpc) is 3.06. The van der Waals surface area contributed by atoms with Gasteiger partial charge in [0.1, 0.15) is 0 Å². The molecule has 1 aliphatic heterocycles. The fraction of sp³-hybridized carbons (Fsp3) is 0.292. The summed E-state index contributed by atoms with van der Waals surface area (Å²) in [5.41, 5.74) is 2.26. The van der Waals surface area contributed by atoms with Crippen molar-refractivity contribution in [2.24, 2.45) is 0 Å². The van der Waals surface area contributed by atoms with Crippen molar-refractivity contribution in [3.05, 3.63) is 60.7 Å². The number of pyridine rings is 1. The highest BCUT2D eigenvalue weighted by Gasteiger charge is 2.25. The van der Waals surface area contributed by atoms with Gasteiger partial charge in [-0.05, 0) is 60.7 Å². The third-order valence-electron chi connectivity index (χ3n) is 5.92. The van der Waals surface area contributed by atoms with Gasteiger partial charge in [0, 0.05) is 18.8 Å². The lowest BCUT2D eigenvalue weighted by molar-refractivity contribution is -0.113. The highest BCUT2D eigenvalue weighted by molar-refractivity contribution is 7.99. The van der Waals surface area contributed by atoms with Crippen LogP contribution in [-0.2, 0) is 14.8 Å². The van der Waals surface area contributed by atoms with Gasteiger partial charge in [-0.1, -0.05) is 42.8 Å². The summed E-state index contributed by atoms with van der Waals surface area (Å²) in [7, 11) is -3.51. The van der Waals surface area contributed by atoms with Gasteiger partial charge < -0.3 is 5.32 Å². The first-order valence-electron chi connectivity index (χ1n) is 11.3. The van der Waals surface area contributed by atoms with Gasteiger partial charge in [0.15, 0.2) is 10.8 Å². The molecule has 176 valence electrons. The fourth-order valence-corrected chi connectivity index (χ4v) is 6.44. The summed E-state index contributed by atoms with van der Waals surface area (Å²) in [6.45, 7) is 1.12. The minimum Gasteiger partial charge on any atom is -0.325 e. The molecule has 0 bridgehead atoms. The molecule has 1 aliphatic rings. The summed E-state index contributed by atoms with van der Waals surface area (Å²) < 4.78 is 29.4. The third-order valence-corrected chi connectivity index (χ3v) is 8.76. The summed E-state index contributed by atoms with van der Waals surface area (Å²) >= 11 is 1.30. The Labute approximate surface area is 202 Å². The summed E-state index contributed by atoms with van der Waals surface area (Å²) in [4.78, 5) is 12.8. The predicted octanol–water partition coefficient (Wildman–Crippen LogP) is 4.18. The van der Waals surface area contributed by atoms with Gasteiger partial charge >= 0.3 is 0 Å². The quantitative estimate of drug-likeness (QED) is 0.403. The number of carbonyl (C=O) groups is 1. The zero-order chi connectivity index (χ0) is 23.5. The molecule has 1 saturated heterocycles. The van der Waals surface area contributed by atoms with Crippen LogP contribution < -0.4 is 5.32 Å². The molecular weight excluding hydrogens is 470 g/mol.